The van der Waals surface area contributed by atoms with Crippen LogP contribution in [0.5, 0.6) is 0 Å². The minimum Gasteiger partial charge on any atom is -0.469 e. The third-order valence-corrected chi connectivity index (χ3v) is 5.15. The highest BCUT2D eigenvalue weighted by atomic mass is 16.5. The van der Waals surface area contributed by atoms with Gasteiger partial charge in [0.15, 0.2) is 0 Å². The zero-order valence-corrected chi connectivity index (χ0v) is 16.9. The van der Waals surface area contributed by atoms with E-state index in [9.17, 15) is 0 Å². The number of furan rings is 1. The first kappa shape index (κ1) is 20.2. The first-order valence-corrected chi connectivity index (χ1v) is 9.56. The van der Waals surface area contributed by atoms with Gasteiger partial charge in [-0.3, -0.25) is 4.99 Å². The predicted molar refractivity (Wildman–Crippen MR) is 105 cm³/mol. The van der Waals surface area contributed by atoms with Crippen LogP contribution < -0.4 is 0 Å². The Kier molecular flexibility index (Phi) is 6.86. The molecule has 142 valence electrons. The normalized spacial score (nSPS) is 25.1. The Morgan fingerprint density at radius 1 is 1.32 bits per heavy atom. The summed E-state index contributed by atoms with van der Waals surface area (Å²) < 4.78 is 11.6. The number of hydrogen-bond acceptors (Lipinski definition) is 4. The van der Waals surface area contributed by atoms with Crippen LogP contribution in [0.1, 0.15) is 58.6 Å². The number of rotatable bonds is 8. The second kappa shape index (κ2) is 8.50. The molecule has 4 heteroatoms. The fourth-order valence-electron chi connectivity index (χ4n) is 4.21. The van der Waals surface area contributed by atoms with Crippen molar-refractivity contribution in [3.05, 3.63) is 24.2 Å². The fraction of sp³-hybridized carbons (Fsp3) is 0.762. The van der Waals surface area contributed by atoms with E-state index >= 15 is 0 Å². The molecule has 1 aliphatic heterocycles. The third-order valence-electron chi connectivity index (χ3n) is 5.15. The maximum atomic E-state index is 5.93. The SMILES string of the molecule is CC(C)[C@@H](CCN=C[C@@]1(CN(C)C)CCOC(C)(C)C1)c1ccco1. The summed E-state index contributed by atoms with van der Waals surface area (Å²) in [6, 6.07) is 4.06. The number of ether oxygens (including phenoxy) is 1. The van der Waals surface area contributed by atoms with E-state index in [0.717, 1.165) is 44.7 Å². The molecule has 0 aromatic carbocycles. The summed E-state index contributed by atoms with van der Waals surface area (Å²) in [5.74, 6) is 2.07. The van der Waals surface area contributed by atoms with Crippen molar-refractivity contribution < 1.29 is 9.15 Å². The minimum atomic E-state index is -0.0745. The molecule has 1 aromatic heterocycles. The summed E-state index contributed by atoms with van der Waals surface area (Å²) in [6.45, 7) is 11.6. The Balaban J connectivity index is 2.01. The molecular formula is C21H36N2O2. The van der Waals surface area contributed by atoms with E-state index < -0.39 is 0 Å². The highest BCUT2D eigenvalue weighted by molar-refractivity contribution is 5.66. The lowest BCUT2D eigenvalue weighted by atomic mass is 9.74. The van der Waals surface area contributed by atoms with Gasteiger partial charge in [-0.15, -0.1) is 0 Å². The van der Waals surface area contributed by atoms with Gasteiger partial charge in [0.05, 0.1) is 11.9 Å². The van der Waals surface area contributed by atoms with Gasteiger partial charge in [-0.1, -0.05) is 13.8 Å². The van der Waals surface area contributed by atoms with E-state index in [1.807, 2.05) is 6.07 Å². The van der Waals surface area contributed by atoms with Crippen LogP contribution in [-0.2, 0) is 4.74 Å². The number of aliphatic imine (C=N–C) groups is 1. The summed E-state index contributed by atoms with van der Waals surface area (Å²) in [7, 11) is 4.29. The van der Waals surface area contributed by atoms with Crippen molar-refractivity contribution in [2.45, 2.75) is 58.5 Å². The van der Waals surface area contributed by atoms with Crippen LogP contribution in [0.2, 0.25) is 0 Å². The molecule has 2 heterocycles. The van der Waals surface area contributed by atoms with E-state index in [2.05, 4.69) is 59.0 Å². The van der Waals surface area contributed by atoms with Gasteiger partial charge in [-0.2, -0.15) is 0 Å². The zero-order chi connectivity index (χ0) is 18.5. The van der Waals surface area contributed by atoms with Crippen molar-refractivity contribution in [3.8, 4) is 0 Å². The molecule has 1 aliphatic rings. The molecule has 0 saturated carbocycles. The minimum absolute atomic E-state index is 0.0745. The Bertz CT molecular complexity index is 534. The van der Waals surface area contributed by atoms with Gasteiger partial charge >= 0.3 is 0 Å². The maximum absolute atomic E-state index is 5.93. The molecule has 0 radical (unpaired) electrons. The summed E-state index contributed by atoms with van der Waals surface area (Å²) in [4.78, 5) is 7.14. The molecule has 1 fully saturated rings. The Morgan fingerprint density at radius 2 is 2.08 bits per heavy atom. The van der Waals surface area contributed by atoms with Gasteiger partial charge in [0.1, 0.15) is 5.76 Å². The standard InChI is InChI=1S/C21H36N2O2/c1-17(2)18(19-8-7-12-24-19)9-11-22-15-21(16-23(5)6)10-13-25-20(3,4)14-21/h7-8,12,15,17-18H,9-11,13-14,16H2,1-6H3/t18-,21-/m1/s1. The van der Waals surface area contributed by atoms with E-state index in [1.165, 1.54) is 0 Å². The first-order chi connectivity index (χ1) is 11.7. The van der Waals surface area contributed by atoms with E-state index in [1.54, 1.807) is 6.26 Å². The quantitative estimate of drug-likeness (QED) is 0.644. The lowest BCUT2D eigenvalue weighted by Gasteiger charge is -2.44. The molecule has 0 spiro atoms. The summed E-state index contributed by atoms with van der Waals surface area (Å²) >= 11 is 0. The largest absolute Gasteiger partial charge is 0.469 e. The van der Waals surface area contributed by atoms with E-state index in [-0.39, 0.29) is 11.0 Å². The van der Waals surface area contributed by atoms with Crippen LogP contribution in [0, 0.1) is 11.3 Å². The Hall–Kier alpha value is -1.13. The van der Waals surface area contributed by atoms with Crippen molar-refractivity contribution in [1.82, 2.24) is 4.90 Å². The van der Waals surface area contributed by atoms with Crippen molar-refractivity contribution in [1.29, 1.82) is 0 Å². The molecular weight excluding hydrogens is 312 g/mol. The third kappa shape index (κ3) is 5.96. The second-order valence-electron chi connectivity index (χ2n) is 8.82. The smallest absolute Gasteiger partial charge is 0.107 e. The lowest BCUT2D eigenvalue weighted by molar-refractivity contribution is -0.0887. The fourth-order valence-corrected chi connectivity index (χ4v) is 4.21. The maximum Gasteiger partial charge on any atom is 0.107 e. The van der Waals surface area contributed by atoms with Gasteiger partial charge in [0.2, 0.25) is 0 Å². The molecule has 0 amide bonds. The molecule has 4 nitrogen and oxygen atoms in total. The van der Waals surface area contributed by atoms with Gasteiger partial charge in [0, 0.05) is 37.2 Å². The van der Waals surface area contributed by atoms with Gasteiger partial charge in [-0.25, -0.2) is 0 Å². The van der Waals surface area contributed by atoms with E-state index in [4.69, 9.17) is 14.1 Å². The van der Waals surface area contributed by atoms with Gasteiger partial charge < -0.3 is 14.1 Å². The summed E-state index contributed by atoms with van der Waals surface area (Å²) in [6.07, 6.45) is 7.10. The van der Waals surface area contributed by atoms with Crippen molar-refractivity contribution >= 4 is 6.21 Å². The zero-order valence-electron chi connectivity index (χ0n) is 16.9. The molecule has 2 rings (SSSR count). The first-order valence-electron chi connectivity index (χ1n) is 9.56. The molecule has 1 aromatic rings. The van der Waals surface area contributed by atoms with Crippen LogP contribution in [0.15, 0.2) is 27.8 Å². The van der Waals surface area contributed by atoms with Gasteiger partial charge in [-0.05, 0) is 65.3 Å². The highest BCUT2D eigenvalue weighted by Crippen LogP contribution is 2.38. The van der Waals surface area contributed by atoms with Crippen LogP contribution in [0.4, 0.5) is 0 Å². The van der Waals surface area contributed by atoms with Gasteiger partial charge in [0.25, 0.3) is 0 Å². The van der Waals surface area contributed by atoms with Crippen LogP contribution in [-0.4, -0.2) is 50.5 Å². The van der Waals surface area contributed by atoms with E-state index in [0.29, 0.717) is 11.8 Å². The molecule has 1 saturated heterocycles. The average molecular weight is 349 g/mol. The molecule has 2 atom stereocenters. The molecule has 0 aliphatic carbocycles. The van der Waals surface area contributed by atoms with Crippen molar-refractivity contribution in [2.24, 2.45) is 16.3 Å². The monoisotopic (exact) mass is 348 g/mol. The molecule has 0 bridgehead atoms. The molecule has 0 N–H and O–H groups in total. The van der Waals surface area contributed by atoms with Crippen LogP contribution in [0.25, 0.3) is 0 Å². The Morgan fingerprint density at radius 3 is 2.64 bits per heavy atom. The number of hydrogen-bond donors (Lipinski definition) is 0. The number of nitrogens with zero attached hydrogens (tertiary/aromatic N) is 2. The predicted octanol–water partition coefficient (Wildman–Crippen LogP) is 4.62. The Labute approximate surface area is 153 Å². The molecule has 0 unspecified atom stereocenters. The second-order valence-corrected chi connectivity index (χ2v) is 8.82. The van der Waals surface area contributed by atoms with Crippen LogP contribution >= 0.6 is 0 Å². The van der Waals surface area contributed by atoms with Crippen molar-refractivity contribution in [3.63, 3.8) is 0 Å². The summed E-state index contributed by atoms with van der Waals surface area (Å²) in [5.41, 5.74) is 0.0399. The lowest BCUT2D eigenvalue weighted by Crippen LogP contribution is -2.47. The summed E-state index contributed by atoms with van der Waals surface area (Å²) in [5, 5.41) is 0. The average Bonchev–Trinajstić information content (AvgIpc) is 2.98. The van der Waals surface area contributed by atoms with Crippen LogP contribution in [0.3, 0.4) is 0 Å². The topological polar surface area (TPSA) is 38.0 Å². The highest BCUT2D eigenvalue weighted by Gasteiger charge is 2.40. The van der Waals surface area contributed by atoms with Crippen molar-refractivity contribution in [2.75, 3.05) is 33.8 Å². The molecule has 25 heavy (non-hydrogen) atoms.